The molecular formula is C24H29N5O3. The highest BCUT2D eigenvalue weighted by Crippen LogP contribution is 2.15. The van der Waals surface area contributed by atoms with E-state index in [0.29, 0.717) is 25.4 Å². The topological polar surface area (TPSA) is 72.7 Å². The monoisotopic (exact) mass is 435 g/mol. The van der Waals surface area contributed by atoms with Crippen molar-refractivity contribution in [2.24, 2.45) is 7.05 Å². The number of aromatic nitrogens is 3. The van der Waals surface area contributed by atoms with E-state index in [-0.39, 0.29) is 6.09 Å². The molecule has 32 heavy (non-hydrogen) atoms. The summed E-state index contributed by atoms with van der Waals surface area (Å²) in [6, 6.07) is 11.3. The second kappa shape index (κ2) is 10.8. The van der Waals surface area contributed by atoms with Crippen LogP contribution in [0.1, 0.15) is 11.3 Å². The lowest BCUT2D eigenvalue weighted by Crippen LogP contribution is -2.49. The van der Waals surface area contributed by atoms with Crippen LogP contribution in [0.25, 0.3) is 0 Å². The Morgan fingerprint density at radius 2 is 1.72 bits per heavy atom. The van der Waals surface area contributed by atoms with Gasteiger partial charge in [-0.1, -0.05) is 12.1 Å². The van der Waals surface area contributed by atoms with Crippen LogP contribution < -0.4 is 9.47 Å². The van der Waals surface area contributed by atoms with Crippen molar-refractivity contribution in [2.75, 3.05) is 39.3 Å². The number of amides is 1. The molecule has 4 rings (SSSR count). The molecule has 0 radical (unpaired) electrons. The third-order valence-corrected chi connectivity index (χ3v) is 5.51. The van der Waals surface area contributed by atoms with E-state index in [1.807, 2.05) is 60.5 Å². The van der Waals surface area contributed by atoms with E-state index in [4.69, 9.17) is 9.47 Å². The first-order valence-electron chi connectivity index (χ1n) is 10.9. The molecule has 8 heteroatoms. The molecular weight excluding hydrogens is 406 g/mol. The minimum atomic E-state index is -0.289. The van der Waals surface area contributed by atoms with Crippen LogP contribution in [-0.2, 0) is 19.9 Å². The number of aryl methyl sites for hydroxylation is 1. The normalized spacial score (nSPS) is 14.3. The minimum absolute atomic E-state index is 0.289. The molecule has 1 saturated heterocycles. The zero-order valence-corrected chi connectivity index (χ0v) is 18.4. The predicted molar refractivity (Wildman–Crippen MR) is 121 cm³/mol. The van der Waals surface area contributed by atoms with Crippen LogP contribution in [0.3, 0.4) is 0 Å². The highest BCUT2D eigenvalue weighted by atomic mass is 16.6. The first-order chi connectivity index (χ1) is 15.7. The van der Waals surface area contributed by atoms with Crippen molar-refractivity contribution in [2.45, 2.75) is 12.8 Å². The molecule has 168 valence electrons. The van der Waals surface area contributed by atoms with E-state index in [0.717, 1.165) is 49.5 Å². The molecule has 0 N–H and O–H groups in total. The summed E-state index contributed by atoms with van der Waals surface area (Å²) in [6.07, 6.45) is 8.70. The molecule has 0 bridgehead atoms. The van der Waals surface area contributed by atoms with Gasteiger partial charge in [-0.3, -0.25) is 9.88 Å². The molecule has 2 aromatic heterocycles. The standard InChI is InChI=1S/C24H29N5O3/c1-27-18-21(26-19-27)8-12-28-13-15-29(16-14-28)24(30)32-23-4-2-20(3-5-23)9-17-31-22-6-10-25-11-7-22/h2-7,10-11,18-19H,8-9,12-17H2,1H3. The lowest BCUT2D eigenvalue weighted by molar-refractivity contribution is 0.111. The molecule has 0 aliphatic carbocycles. The maximum atomic E-state index is 12.5. The molecule has 8 nitrogen and oxygen atoms in total. The Balaban J connectivity index is 1.16. The van der Waals surface area contributed by atoms with E-state index in [1.165, 1.54) is 0 Å². The Kier molecular flexibility index (Phi) is 7.34. The van der Waals surface area contributed by atoms with Gasteiger partial charge in [-0.15, -0.1) is 0 Å². The number of ether oxygens (including phenoxy) is 2. The largest absolute Gasteiger partial charge is 0.493 e. The van der Waals surface area contributed by atoms with Crippen LogP contribution in [0, 0.1) is 0 Å². The van der Waals surface area contributed by atoms with Crippen molar-refractivity contribution >= 4 is 6.09 Å². The van der Waals surface area contributed by atoms with E-state index in [1.54, 1.807) is 17.3 Å². The van der Waals surface area contributed by atoms with Gasteiger partial charge in [0.05, 0.1) is 18.6 Å². The minimum Gasteiger partial charge on any atom is -0.493 e. The smallest absolute Gasteiger partial charge is 0.415 e. The first-order valence-corrected chi connectivity index (χ1v) is 10.9. The number of hydrogen-bond acceptors (Lipinski definition) is 6. The number of hydrogen-bond donors (Lipinski definition) is 0. The zero-order chi connectivity index (χ0) is 22.2. The first kappa shape index (κ1) is 21.8. The highest BCUT2D eigenvalue weighted by molar-refractivity contribution is 5.70. The Morgan fingerprint density at radius 1 is 0.969 bits per heavy atom. The summed E-state index contributed by atoms with van der Waals surface area (Å²) in [5.41, 5.74) is 2.22. The average Bonchev–Trinajstić information content (AvgIpc) is 3.25. The van der Waals surface area contributed by atoms with Crippen LogP contribution in [0.15, 0.2) is 61.3 Å². The van der Waals surface area contributed by atoms with Gasteiger partial charge in [0.2, 0.25) is 0 Å². The van der Waals surface area contributed by atoms with Crippen molar-refractivity contribution in [1.29, 1.82) is 0 Å². The number of nitrogens with zero attached hydrogens (tertiary/aromatic N) is 5. The van der Waals surface area contributed by atoms with E-state index >= 15 is 0 Å². The second-order valence-electron chi connectivity index (χ2n) is 7.90. The molecule has 3 aromatic rings. The highest BCUT2D eigenvalue weighted by Gasteiger charge is 2.22. The number of piperazine rings is 1. The fourth-order valence-corrected chi connectivity index (χ4v) is 3.63. The fraction of sp³-hybridized carbons (Fsp3) is 0.375. The second-order valence-corrected chi connectivity index (χ2v) is 7.90. The Hall–Kier alpha value is -3.39. The van der Waals surface area contributed by atoms with Crippen LogP contribution in [0.4, 0.5) is 4.79 Å². The van der Waals surface area contributed by atoms with Crippen molar-refractivity contribution in [3.63, 3.8) is 0 Å². The van der Waals surface area contributed by atoms with Crippen molar-refractivity contribution in [1.82, 2.24) is 24.3 Å². The van der Waals surface area contributed by atoms with E-state index in [2.05, 4.69) is 14.9 Å². The summed E-state index contributed by atoms with van der Waals surface area (Å²) in [7, 11) is 1.98. The third kappa shape index (κ3) is 6.31. The third-order valence-electron chi connectivity index (χ3n) is 5.51. The quantitative estimate of drug-likeness (QED) is 0.542. The number of carbonyl (C=O) groups excluding carboxylic acids is 1. The molecule has 1 fully saturated rings. The molecule has 0 unspecified atom stereocenters. The maximum Gasteiger partial charge on any atom is 0.415 e. The Labute approximate surface area is 188 Å². The predicted octanol–water partition coefficient (Wildman–Crippen LogP) is 2.80. The lowest BCUT2D eigenvalue weighted by atomic mass is 10.1. The van der Waals surface area contributed by atoms with Gasteiger partial charge in [0, 0.05) is 71.2 Å². The molecule has 0 saturated carbocycles. The van der Waals surface area contributed by atoms with Gasteiger partial charge in [-0.2, -0.15) is 0 Å². The summed E-state index contributed by atoms with van der Waals surface area (Å²) in [5, 5.41) is 0. The summed E-state index contributed by atoms with van der Waals surface area (Å²) >= 11 is 0. The van der Waals surface area contributed by atoms with Gasteiger partial charge in [-0.25, -0.2) is 9.78 Å². The number of pyridine rings is 1. The number of rotatable bonds is 8. The average molecular weight is 436 g/mol. The van der Waals surface area contributed by atoms with Crippen molar-refractivity contribution < 1.29 is 14.3 Å². The van der Waals surface area contributed by atoms with E-state index < -0.39 is 0 Å². The number of imidazole rings is 1. The molecule has 0 atom stereocenters. The van der Waals surface area contributed by atoms with Crippen molar-refractivity contribution in [3.8, 4) is 11.5 Å². The van der Waals surface area contributed by atoms with Gasteiger partial charge < -0.3 is 18.9 Å². The molecule has 1 aliphatic heterocycles. The van der Waals surface area contributed by atoms with Crippen LogP contribution in [-0.4, -0.2) is 69.8 Å². The molecule has 1 amide bonds. The fourth-order valence-electron chi connectivity index (χ4n) is 3.63. The molecule has 3 heterocycles. The lowest BCUT2D eigenvalue weighted by Gasteiger charge is -2.33. The van der Waals surface area contributed by atoms with Crippen LogP contribution in [0.5, 0.6) is 11.5 Å². The molecule has 0 spiro atoms. The Bertz CT molecular complexity index is 982. The number of benzene rings is 1. The summed E-state index contributed by atoms with van der Waals surface area (Å²) in [5.74, 6) is 1.37. The maximum absolute atomic E-state index is 12.5. The van der Waals surface area contributed by atoms with Crippen LogP contribution >= 0.6 is 0 Å². The van der Waals surface area contributed by atoms with Crippen molar-refractivity contribution in [3.05, 3.63) is 72.6 Å². The zero-order valence-electron chi connectivity index (χ0n) is 18.4. The van der Waals surface area contributed by atoms with Crippen LogP contribution in [0.2, 0.25) is 0 Å². The number of carbonyl (C=O) groups is 1. The van der Waals surface area contributed by atoms with Gasteiger partial charge in [-0.05, 0) is 29.8 Å². The molecule has 1 aliphatic rings. The summed E-state index contributed by atoms with van der Waals surface area (Å²) in [4.78, 5) is 25.0. The van der Waals surface area contributed by atoms with Gasteiger partial charge in [0.1, 0.15) is 11.5 Å². The SMILES string of the molecule is Cn1cnc(CCN2CCN(C(=O)Oc3ccc(CCOc4ccncc4)cc3)CC2)c1. The van der Waals surface area contributed by atoms with E-state index in [9.17, 15) is 4.79 Å². The molecule has 1 aromatic carbocycles. The summed E-state index contributed by atoms with van der Waals surface area (Å²) < 4.78 is 13.2. The Morgan fingerprint density at radius 3 is 2.41 bits per heavy atom. The summed E-state index contributed by atoms with van der Waals surface area (Å²) in [6.45, 7) is 4.56. The van der Waals surface area contributed by atoms with Gasteiger partial charge in [0.15, 0.2) is 0 Å². The van der Waals surface area contributed by atoms with Gasteiger partial charge in [0.25, 0.3) is 0 Å². The van der Waals surface area contributed by atoms with Gasteiger partial charge >= 0.3 is 6.09 Å².